The van der Waals surface area contributed by atoms with E-state index in [2.05, 4.69) is 45.7 Å². The maximum atomic E-state index is 11.4. The predicted molar refractivity (Wildman–Crippen MR) is 78.8 cm³/mol. The molecule has 5 heteroatoms. The van der Waals surface area contributed by atoms with Crippen molar-refractivity contribution in [3.63, 3.8) is 0 Å². The first-order valence-corrected chi connectivity index (χ1v) is 7.00. The van der Waals surface area contributed by atoms with Crippen LogP contribution in [-0.4, -0.2) is 10.0 Å². The molecule has 19 heavy (non-hydrogen) atoms. The number of aromatic hydroxyl groups is 1. The molecule has 4 nitrogen and oxygen atoms in total. The number of nitrogens with zero attached hydrogens (tertiary/aromatic N) is 1. The highest BCUT2D eigenvalue weighted by Crippen LogP contribution is 2.27. The normalized spacial score (nSPS) is 14.6. The van der Waals surface area contributed by atoms with Crippen LogP contribution in [0, 0.1) is 3.57 Å². The highest BCUT2D eigenvalue weighted by molar-refractivity contribution is 14.1. The van der Waals surface area contributed by atoms with E-state index in [0.29, 0.717) is 12.3 Å². The maximum Gasteiger partial charge on any atom is 0.226 e. The first kappa shape index (κ1) is 12.7. The van der Waals surface area contributed by atoms with Crippen molar-refractivity contribution in [3.8, 4) is 5.75 Å². The van der Waals surface area contributed by atoms with E-state index >= 15 is 0 Å². The lowest BCUT2D eigenvalue weighted by Crippen LogP contribution is -2.16. The van der Waals surface area contributed by atoms with Crippen molar-refractivity contribution >= 4 is 22.6 Å². The van der Waals surface area contributed by atoms with Crippen molar-refractivity contribution in [2.75, 3.05) is 0 Å². The third kappa shape index (κ3) is 2.52. The van der Waals surface area contributed by atoms with Crippen LogP contribution in [0.25, 0.3) is 0 Å². The summed E-state index contributed by atoms with van der Waals surface area (Å²) >= 11 is 2.34. The van der Waals surface area contributed by atoms with Gasteiger partial charge < -0.3 is 9.52 Å². The van der Waals surface area contributed by atoms with Gasteiger partial charge in [0, 0.05) is 22.7 Å². The van der Waals surface area contributed by atoms with E-state index in [-0.39, 0.29) is 5.75 Å². The average molecular weight is 369 g/mol. The molecule has 1 N–H and O–H groups in total. The molecule has 1 aromatic carbocycles. The fraction of sp³-hybridized carbons (Fsp3) is 0.214. The molecule has 0 unspecified atom stereocenters. The van der Waals surface area contributed by atoms with Gasteiger partial charge in [-0.1, -0.05) is 12.1 Å². The molecule has 1 aliphatic heterocycles. The first-order chi connectivity index (χ1) is 9.13. The van der Waals surface area contributed by atoms with Crippen LogP contribution in [0.3, 0.4) is 0 Å². The van der Waals surface area contributed by atoms with E-state index in [0.717, 1.165) is 19.4 Å². The van der Waals surface area contributed by atoms with Gasteiger partial charge >= 0.3 is 0 Å². The molecule has 0 saturated heterocycles. The van der Waals surface area contributed by atoms with Crippen LogP contribution in [0.5, 0.6) is 5.75 Å². The Morgan fingerprint density at radius 3 is 2.95 bits per heavy atom. The topological polar surface area (TPSA) is 53.7 Å². The number of hydrogen-bond acceptors (Lipinski definition) is 4. The molecule has 0 saturated carbocycles. The van der Waals surface area contributed by atoms with Crippen molar-refractivity contribution in [2.45, 2.75) is 19.6 Å². The van der Waals surface area contributed by atoms with Gasteiger partial charge in [0.25, 0.3) is 0 Å². The number of fused-ring (bicyclic) bond motifs is 1. The van der Waals surface area contributed by atoms with Gasteiger partial charge in [0.1, 0.15) is 12.0 Å². The molecule has 0 spiro atoms. The lowest BCUT2D eigenvalue weighted by molar-refractivity contribution is 0.246. The molecule has 3 rings (SSSR count). The molecular weight excluding hydrogens is 357 g/mol. The molecule has 2 heterocycles. The molecule has 0 atom stereocenters. The lowest BCUT2D eigenvalue weighted by atomic mass is 10.1. The van der Waals surface area contributed by atoms with Crippen LogP contribution in [0.1, 0.15) is 16.9 Å². The summed E-state index contributed by atoms with van der Waals surface area (Å²) in [7, 11) is 0. The Labute approximate surface area is 123 Å². The summed E-state index contributed by atoms with van der Waals surface area (Å²) < 4.78 is 6.50. The third-order valence-corrected chi connectivity index (χ3v) is 4.25. The van der Waals surface area contributed by atoms with Crippen molar-refractivity contribution in [2.24, 2.45) is 0 Å². The second kappa shape index (κ2) is 4.97. The first-order valence-electron chi connectivity index (χ1n) is 5.93. The molecular formula is C14H12INO3. The lowest BCUT2D eigenvalue weighted by Gasteiger charge is -2.13. The summed E-state index contributed by atoms with van der Waals surface area (Å²) in [6, 6.07) is 7.64. The Hall–Kier alpha value is -1.34. The highest BCUT2D eigenvalue weighted by Gasteiger charge is 2.21. The summed E-state index contributed by atoms with van der Waals surface area (Å²) in [6.07, 6.45) is 1.10. The Morgan fingerprint density at radius 2 is 2.21 bits per heavy atom. The minimum Gasteiger partial charge on any atom is -0.502 e. The zero-order valence-electron chi connectivity index (χ0n) is 10.1. The predicted octanol–water partition coefficient (Wildman–Crippen LogP) is 2.47. The van der Waals surface area contributed by atoms with Gasteiger partial charge in [0.05, 0.1) is 6.54 Å². The Morgan fingerprint density at radius 1 is 1.37 bits per heavy atom. The van der Waals surface area contributed by atoms with Crippen molar-refractivity contribution in [3.05, 3.63) is 61.2 Å². The minimum atomic E-state index is -0.396. The van der Waals surface area contributed by atoms with Crippen molar-refractivity contribution in [1.82, 2.24) is 4.90 Å². The zero-order chi connectivity index (χ0) is 13.4. The van der Waals surface area contributed by atoms with Gasteiger partial charge in [-0.05, 0) is 39.8 Å². The van der Waals surface area contributed by atoms with Crippen LogP contribution in [0.4, 0.5) is 0 Å². The summed E-state index contributed by atoms with van der Waals surface area (Å²) in [5, 5.41) is 9.16. The fourth-order valence-corrected chi connectivity index (χ4v) is 3.03. The van der Waals surface area contributed by atoms with E-state index in [1.165, 1.54) is 20.8 Å². The number of halogens is 1. The van der Waals surface area contributed by atoms with E-state index in [9.17, 15) is 4.79 Å². The van der Waals surface area contributed by atoms with E-state index in [4.69, 9.17) is 9.52 Å². The van der Waals surface area contributed by atoms with E-state index in [1.807, 2.05) is 0 Å². The van der Waals surface area contributed by atoms with Crippen LogP contribution >= 0.6 is 22.6 Å². The second-order valence-electron chi connectivity index (χ2n) is 4.62. The fourth-order valence-electron chi connectivity index (χ4n) is 2.31. The SMILES string of the molecule is O=c1cc(CN2Cc3cccc(I)c3C2)occ1O. The molecule has 0 radical (unpaired) electrons. The average Bonchev–Trinajstić information content (AvgIpc) is 2.78. The van der Waals surface area contributed by atoms with Crippen LogP contribution in [0.15, 0.2) is 39.7 Å². The molecule has 1 aliphatic rings. The van der Waals surface area contributed by atoms with Crippen LogP contribution in [0.2, 0.25) is 0 Å². The molecule has 0 amide bonds. The molecule has 1 aromatic heterocycles. The monoisotopic (exact) mass is 369 g/mol. The Balaban J connectivity index is 1.79. The van der Waals surface area contributed by atoms with Gasteiger partial charge in [0.2, 0.25) is 5.43 Å². The second-order valence-corrected chi connectivity index (χ2v) is 5.78. The van der Waals surface area contributed by atoms with Gasteiger partial charge in [-0.15, -0.1) is 0 Å². The van der Waals surface area contributed by atoms with E-state index < -0.39 is 5.43 Å². The Bertz CT molecular complexity index is 681. The van der Waals surface area contributed by atoms with Gasteiger partial charge in [-0.2, -0.15) is 0 Å². The zero-order valence-corrected chi connectivity index (χ0v) is 12.3. The number of benzene rings is 1. The summed E-state index contributed by atoms with van der Waals surface area (Å²) in [4.78, 5) is 13.6. The number of hydrogen-bond donors (Lipinski definition) is 1. The summed E-state index contributed by atoms with van der Waals surface area (Å²) in [6.45, 7) is 2.29. The summed E-state index contributed by atoms with van der Waals surface area (Å²) in [5.41, 5.74) is 2.28. The van der Waals surface area contributed by atoms with Gasteiger partial charge in [-0.25, -0.2) is 0 Å². The smallest absolute Gasteiger partial charge is 0.226 e. The quantitative estimate of drug-likeness (QED) is 0.827. The van der Waals surface area contributed by atoms with Crippen LogP contribution < -0.4 is 5.43 Å². The largest absolute Gasteiger partial charge is 0.502 e. The minimum absolute atomic E-state index is 0.344. The van der Waals surface area contributed by atoms with Crippen molar-refractivity contribution in [1.29, 1.82) is 0 Å². The molecule has 0 bridgehead atoms. The molecule has 0 fully saturated rings. The summed E-state index contributed by atoms with van der Waals surface area (Å²) in [5.74, 6) is 0.230. The maximum absolute atomic E-state index is 11.4. The van der Waals surface area contributed by atoms with Gasteiger partial charge in [0.15, 0.2) is 5.75 Å². The van der Waals surface area contributed by atoms with Crippen molar-refractivity contribution < 1.29 is 9.52 Å². The van der Waals surface area contributed by atoms with E-state index in [1.54, 1.807) is 0 Å². The molecule has 2 aromatic rings. The molecule has 98 valence electrons. The third-order valence-electron chi connectivity index (χ3n) is 3.24. The Kier molecular flexibility index (Phi) is 3.32. The highest BCUT2D eigenvalue weighted by atomic mass is 127. The number of rotatable bonds is 2. The van der Waals surface area contributed by atoms with Crippen LogP contribution in [-0.2, 0) is 19.6 Å². The van der Waals surface area contributed by atoms with Gasteiger partial charge in [-0.3, -0.25) is 9.69 Å². The molecule has 0 aliphatic carbocycles. The standard InChI is InChI=1S/C14H12INO3/c15-12-3-1-2-9-5-16(7-11(9)12)6-10-4-13(17)14(18)8-19-10/h1-4,8,18H,5-7H2.